The second kappa shape index (κ2) is 6.04. The molecule has 23 heavy (non-hydrogen) atoms. The number of hydrogen-bond acceptors (Lipinski definition) is 3. The monoisotopic (exact) mass is 330 g/mol. The van der Waals surface area contributed by atoms with Crippen LogP contribution in [0.4, 0.5) is 9.52 Å². The van der Waals surface area contributed by atoms with E-state index in [0.29, 0.717) is 17.5 Å². The molecule has 3 atom stereocenters. The molecule has 0 unspecified atom stereocenters. The van der Waals surface area contributed by atoms with Crippen molar-refractivity contribution in [2.75, 3.05) is 5.32 Å². The molecule has 3 nitrogen and oxygen atoms in total. The van der Waals surface area contributed by atoms with Crippen LogP contribution in [0.3, 0.4) is 0 Å². The zero-order valence-electron chi connectivity index (χ0n) is 12.8. The topological polar surface area (TPSA) is 42.0 Å². The SMILES string of the molecule is O=C(C[C@H]1C[C@@H]2CC[C@@H]1C2)Nc1nc(-c2ccc(F)cc2)cs1. The first-order chi connectivity index (χ1) is 11.2. The summed E-state index contributed by atoms with van der Waals surface area (Å²) in [6, 6.07) is 6.24. The smallest absolute Gasteiger partial charge is 0.226 e. The van der Waals surface area contributed by atoms with E-state index in [1.54, 1.807) is 12.1 Å². The van der Waals surface area contributed by atoms with Gasteiger partial charge in [0.1, 0.15) is 5.82 Å². The van der Waals surface area contributed by atoms with Crippen molar-refractivity contribution in [3.8, 4) is 11.3 Å². The van der Waals surface area contributed by atoms with Crippen LogP contribution in [0, 0.1) is 23.6 Å². The Morgan fingerprint density at radius 2 is 2.09 bits per heavy atom. The van der Waals surface area contributed by atoms with Crippen LogP contribution < -0.4 is 5.32 Å². The summed E-state index contributed by atoms with van der Waals surface area (Å²) in [5.41, 5.74) is 1.63. The van der Waals surface area contributed by atoms with Gasteiger partial charge < -0.3 is 5.32 Å². The predicted molar refractivity (Wildman–Crippen MR) is 89.7 cm³/mol. The average molecular weight is 330 g/mol. The summed E-state index contributed by atoms with van der Waals surface area (Å²) >= 11 is 1.41. The number of thiazole rings is 1. The highest BCUT2D eigenvalue weighted by Crippen LogP contribution is 2.49. The molecule has 1 amide bonds. The Bertz CT molecular complexity index is 712. The summed E-state index contributed by atoms with van der Waals surface area (Å²) in [4.78, 5) is 16.7. The second-order valence-electron chi connectivity index (χ2n) is 6.73. The molecule has 1 N–H and O–H groups in total. The Hall–Kier alpha value is -1.75. The van der Waals surface area contributed by atoms with Gasteiger partial charge in [0.05, 0.1) is 5.69 Å². The first-order valence-electron chi connectivity index (χ1n) is 8.18. The number of hydrogen-bond donors (Lipinski definition) is 1. The van der Waals surface area contributed by atoms with Crippen LogP contribution in [0.25, 0.3) is 11.3 Å². The molecule has 2 saturated carbocycles. The van der Waals surface area contributed by atoms with Crippen LogP contribution in [-0.2, 0) is 4.79 Å². The van der Waals surface area contributed by atoms with Gasteiger partial charge in [-0.25, -0.2) is 9.37 Å². The van der Waals surface area contributed by atoms with Gasteiger partial charge in [-0.1, -0.05) is 6.42 Å². The molecular weight excluding hydrogens is 311 g/mol. The highest BCUT2D eigenvalue weighted by atomic mass is 32.1. The number of benzene rings is 1. The zero-order chi connectivity index (χ0) is 15.8. The number of fused-ring (bicyclic) bond motifs is 2. The van der Waals surface area contributed by atoms with Crippen LogP contribution in [0.2, 0.25) is 0 Å². The van der Waals surface area contributed by atoms with Gasteiger partial charge in [0.25, 0.3) is 0 Å². The van der Waals surface area contributed by atoms with Crippen molar-refractivity contribution in [2.24, 2.45) is 17.8 Å². The molecular formula is C18H19FN2OS. The van der Waals surface area contributed by atoms with Crippen molar-refractivity contribution in [1.82, 2.24) is 4.98 Å². The van der Waals surface area contributed by atoms with Gasteiger partial charge in [-0.05, 0) is 61.3 Å². The van der Waals surface area contributed by atoms with E-state index in [9.17, 15) is 9.18 Å². The van der Waals surface area contributed by atoms with Gasteiger partial charge in [-0.2, -0.15) is 0 Å². The molecule has 2 aliphatic carbocycles. The highest BCUT2D eigenvalue weighted by Gasteiger charge is 2.40. The van der Waals surface area contributed by atoms with Gasteiger partial charge in [0.15, 0.2) is 5.13 Å². The molecule has 0 spiro atoms. The number of anilines is 1. The van der Waals surface area contributed by atoms with Crippen molar-refractivity contribution < 1.29 is 9.18 Å². The van der Waals surface area contributed by atoms with E-state index < -0.39 is 0 Å². The van der Waals surface area contributed by atoms with E-state index in [-0.39, 0.29) is 11.7 Å². The lowest BCUT2D eigenvalue weighted by Gasteiger charge is -2.20. The van der Waals surface area contributed by atoms with E-state index in [1.807, 2.05) is 5.38 Å². The standard InChI is InChI=1S/C18H19FN2OS/c19-15-5-3-12(4-6-15)16-10-23-18(20-16)21-17(22)9-14-8-11-1-2-13(14)7-11/h3-6,10-11,13-14H,1-2,7-9H2,(H,20,21,22)/t11-,13-,14-/m1/s1. The average Bonchev–Trinajstić information content (AvgIpc) is 3.24. The summed E-state index contributed by atoms with van der Waals surface area (Å²) in [7, 11) is 0. The van der Waals surface area contributed by atoms with Gasteiger partial charge in [0, 0.05) is 17.4 Å². The fraction of sp³-hybridized carbons (Fsp3) is 0.444. The first-order valence-corrected chi connectivity index (χ1v) is 9.06. The lowest BCUT2D eigenvalue weighted by molar-refractivity contribution is -0.117. The third-order valence-electron chi connectivity index (χ3n) is 5.22. The molecule has 0 aliphatic heterocycles. The van der Waals surface area contributed by atoms with Crippen molar-refractivity contribution in [3.05, 3.63) is 35.5 Å². The van der Waals surface area contributed by atoms with Gasteiger partial charge >= 0.3 is 0 Å². The Labute approximate surface area is 138 Å². The highest BCUT2D eigenvalue weighted by molar-refractivity contribution is 7.14. The number of nitrogens with one attached hydrogen (secondary N) is 1. The number of carbonyl (C=O) groups is 1. The molecule has 0 saturated heterocycles. The van der Waals surface area contributed by atoms with Crippen LogP contribution in [0.1, 0.15) is 32.1 Å². The lowest BCUT2D eigenvalue weighted by atomic mass is 9.86. The van der Waals surface area contributed by atoms with E-state index in [0.717, 1.165) is 23.1 Å². The van der Waals surface area contributed by atoms with E-state index in [2.05, 4.69) is 10.3 Å². The number of amides is 1. The quantitative estimate of drug-likeness (QED) is 0.882. The minimum atomic E-state index is -0.261. The Morgan fingerprint density at radius 3 is 2.78 bits per heavy atom. The molecule has 5 heteroatoms. The van der Waals surface area contributed by atoms with E-state index in [1.165, 1.54) is 49.2 Å². The second-order valence-corrected chi connectivity index (χ2v) is 7.59. The molecule has 2 aliphatic rings. The zero-order valence-corrected chi connectivity index (χ0v) is 13.6. The molecule has 1 aromatic carbocycles. The minimum absolute atomic E-state index is 0.0718. The predicted octanol–water partition coefficient (Wildman–Crippen LogP) is 4.71. The number of carbonyl (C=O) groups excluding carboxylic acids is 1. The number of halogens is 1. The van der Waals surface area contributed by atoms with Crippen molar-refractivity contribution in [2.45, 2.75) is 32.1 Å². The number of rotatable bonds is 4. The van der Waals surface area contributed by atoms with E-state index in [4.69, 9.17) is 0 Å². The Balaban J connectivity index is 1.37. The normalized spacial score (nSPS) is 25.7. The van der Waals surface area contributed by atoms with Crippen molar-refractivity contribution in [1.29, 1.82) is 0 Å². The van der Waals surface area contributed by atoms with Gasteiger partial charge in [0.2, 0.25) is 5.91 Å². The molecule has 4 rings (SSSR count). The molecule has 2 bridgehead atoms. The molecule has 2 fully saturated rings. The molecule has 0 radical (unpaired) electrons. The first kappa shape index (κ1) is 14.8. The summed E-state index contributed by atoms with van der Waals surface area (Å²) in [5, 5.41) is 5.44. The van der Waals surface area contributed by atoms with E-state index >= 15 is 0 Å². The third kappa shape index (κ3) is 3.15. The maximum Gasteiger partial charge on any atom is 0.226 e. The summed E-state index contributed by atoms with van der Waals surface area (Å²) in [5.74, 6) is 2.00. The minimum Gasteiger partial charge on any atom is -0.302 e. The number of nitrogens with zero attached hydrogens (tertiary/aromatic N) is 1. The fourth-order valence-electron chi connectivity index (χ4n) is 4.12. The van der Waals surface area contributed by atoms with Crippen molar-refractivity contribution in [3.63, 3.8) is 0 Å². The lowest BCUT2D eigenvalue weighted by Crippen LogP contribution is -2.20. The Kier molecular flexibility index (Phi) is 3.89. The summed E-state index contributed by atoms with van der Waals surface area (Å²) in [6.45, 7) is 0. The maximum atomic E-state index is 13.0. The maximum absolute atomic E-state index is 13.0. The number of aromatic nitrogens is 1. The van der Waals surface area contributed by atoms with Crippen LogP contribution >= 0.6 is 11.3 Å². The third-order valence-corrected chi connectivity index (χ3v) is 5.98. The van der Waals surface area contributed by atoms with Crippen LogP contribution in [-0.4, -0.2) is 10.9 Å². The molecule has 120 valence electrons. The Morgan fingerprint density at radius 1 is 1.26 bits per heavy atom. The van der Waals surface area contributed by atoms with Gasteiger partial charge in [-0.3, -0.25) is 4.79 Å². The molecule has 1 aromatic heterocycles. The summed E-state index contributed by atoms with van der Waals surface area (Å²) < 4.78 is 13.0. The van der Waals surface area contributed by atoms with Crippen LogP contribution in [0.15, 0.2) is 29.6 Å². The largest absolute Gasteiger partial charge is 0.302 e. The molecule has 1 heterocycles. The van der Waals surface area contributed by atoms with Gasteiger partial charge in [-0.15, -0.1) is 11.3 Å². The van der Waals surface area contributed by atoms with Crippen LogP contribution in [0.5, 0.6) is 0 Å². The fourth-order valence-corrected chi connectivity index (χ4v) is 4.86. The molecule has 2 aromatic rings. The summed E-state index contributed by atoms with van der Waals surface area (Å²) in [6.07, 6.45) is 5.82. The van der Waals surface area contributed by atoms with Crippen molar-refractivity contribution >= 4 is 22.4 Å².